The second-order valence-electron chi connectivity index (χ2n) is 8.56. The van der Waals surface area contributed by atoms with E-state index in [1.165, 1.54) is 13.2 Å². The zero-order chi connectivity index (χ0) is 26.0. The minimum absolute atomic E-state index is 0.169. The highest BCUT2D eigenvalue weighted by Gasteiger charge is 2.37. The molecular formula is C28H25BrN2O5. The maximum atomic E-state index is 13.3. The summed E-state index contributed by atoms with van der Waals surface area (Å²) in [7, 11) is 1.51. The van der Waals surface area contributed by atoms with Gasteiger partial charge in [0.2, 0.25) is 0 Å². The molecule has 1 aliphatic rings. The first-order valence-corrected chi connectivity index (χ1v) is 12.0. The van der Waals surface area contributed by atoms with E-state index in [4.69, 9.17) is 9.47 Å². The number of amides is 4. The lowest BCUT2D eigenvalue weighted by atomic mass is 10.0. The zero-order valence-corrected chi connectivity index (χ0v) is 21.9. The van der Waals surface area contributed by atoms with Crippen molar-refractivity contribution < 1.29 is 23.9 Å². The van der Waals surface area contributed by atoms with Crippen molar-refractivity contribution in [3.63, 3.8) is 0 Å². The minimum Gasteiger partial charge on any atom is -0.493 e. The lowest BCUT2D eigenvalue weighted by Crippen LogP contribution is -2.54. The zero-order valence-electron chi connectivity index (χ0n) is 20.3. The fourth-order valence-electron chi connectivity index (χ4n) is 3.81. The fraction of sp³-hybridized carbons (Fsp3) is 0.179. The second-order valence-corrected chi connectivity index (χ2v) is 9.41. The van der Waals surface area contributed by atoms with Gasteiger partial charge in [0.1, 0.15) is 12.2 Å². The SMILES string of the molecule is COc1cc(/C=C2\C(=O)NC(=O)N(c3cc(C)ccc3C)C2=O)cc(Br)c1OCc1ccc(C)cc1. The molecule has 36 heavy (non-hydrogen) atoms. The van der Waals surface area contributed by atoms with Gasteiger partial charge in [-0.2, -0.15) is 0 Å². The molecule has 0 atom stereocenters. The molecule has 1 N–H and O–H groups in total. The smallest absolute Gasteiger partial charge is 0.335 e. The van der Waals surface area contributed by atoms with Crippen molar-refractivity contribution in [3.05, 3.63) is 92.5 Å². The standard InChI is InChI=1S/C28H25BrN2O5/c1-16-6-9-19(10-7-16)15-36-25-22(29)13-20(14-24(25)35-4)12-21-26(32)30-28(34)31(27(21)33)23-11-17(2)5-8-18(23)3/h5-14H,15H2,1-4H3,(H,30,32,34)/b21-12+. The molecule has 0 unspecified atom stereocenters. The van der Waals surface area contributed by atoms with E-state index in [9.17, 15) is 14.4 Å². The third-order valence-electron chi connectivity index (χ3n) is 5.77. The first-order valence-electron chi connectivity index (χ1n) is 11.2. The van der Waals surface area contributed by atoms with Crippen LogP contribution in [0, 0.1) is 20.8 Å². The van der Waals surface area contributed by atoms with E-state index in [0.29, 0.717) is 33.8 Å². The van der Waals surface area contributed by atoms with Crippen LogP contribution in [0.4, 0.5) is 10.5 Å². The summed E-state index contributed by atoms with van der Waals surface area (Å²) in [5, 5.41) is 2.26. The molecule has 0 aliphatic carbocycles. The summed E-state index contributed by atoms with van der Waals surface area (Å²) in [5.74, 6) is -0.546. The predicted octanol–water partition coefficient (Wildman–Crippen LogP) is 5.63. The summed E-state index contributed by atoms with van der Waals surface area (Å²) < 4.78 is 12.1. The molecule has 8 heteroatoms. The second kappa shape index (κ2) is 10.4. The number of urea groups is 1. The number of aryl methyl sites for hydroxylation is 3. The average molecular weight is 549 g/mol. The van der Waals surface area contributed by atoms with Gasteiger partial charge >= 0.3 is 6.03 Å². The van der Waals surface area contributed by atoms with Crippen molar-refractivity contribution in [2.45, 2.75) is 27.4 Å². The third-order valence-corrected chi connectivity index (χ3v) is 6.36. The van der Waals surface area contributed by atoms with E-state index in [-0.39, 0.29) is 5.57 Å². The summed E-state index contributed by atoms with van der Waals surface area (Å²) in [6.07, 6.45) is 1.43. The van der Waals surface area contributed by atoms with Crippen molar-refractivity contribution in [3.8, 4) is 11.5 Å². The largest absolute Gasteiger partial charge is 0.493 e. The minimum atomic E-state index is -0.783. The molecule has 1 aliphatic heterocycles. The maximum absolute atomic E-state index is 13.3. The Hall–Kier alpha value is -3.91. The van der Waals surface area contributed by atoms with Crippen LogP contribution in [0.15, 0.2) is 64.6 Å². The van der Waals surface area contributed by atoms with Crippen LogP contribution in [0.1, 0.15) is 27.8 Å². The first kappa shape index (κ1) is 25.2. The average Bonchev–Trinajstić information content (AvgIpc) is 2.84. The van der Waals surface area contributed by atoms with Crippen molar-refractivity contribution in [2.75, 3.05) is 12.0 Å². The number of methoxy groups -OCH3 is 1. The molecule has 1 fully saturated rings. The number of nitrogens with zero attached hydrogens (tertiary/aromatic N) is 1. The molecule has 0 radical (unpaired) electrons. The van der Waals surface area contributed by atoms with E-state index < -0.39 is 17.8 Å². The van der Waals surface area contributed by atoms with Gasteiger partial charge in [0.15, 0.2) is 11.5 Å². The van der Waals surface area contributed by atoms with Gasteiger partial charge < -0.3 is 9.47 Å². The third kappa shape index (κ3) is 5.18. The number of imide groups is 2. The number of ether oxygens (including phenoxy) is 2. The quantitative estimate of drug-likeness (QED) is 0.318. The van der Waals surface area contributed by atoms with Crippen molar-refractivity contribution in [1.82, 2.24) is 5.32 Å². The Morgan fingerprint density at radius 3 is 2.33 bits per heavy atom. The number of hydrogen-bond donors (Lipinski definition) is 1. The van der Waals surface area contributed by atoms with Crippen LogP contribution < -0.4 is 19.7 Å². The summed E-state index contributed by atoms with van der Waals surface area (Å²) in [5.41, 5.74) is 4.56. The number of halogens is 1. The number of hydrogen-bond acceptors (Lipinski definition) is 5. The Kier molecular flexibility index (Phi) is 7.26. The van der Waals surface area contributed by atoms with Gasteiger partial charge in [0.25, 0.3) is 11.8 Å². The molecule has 0 bridgehead atoms. The molecule has 3 aromatic carbocycles. The lowest BCUT2D eigenvalue weighted by Gasteiger charge is -2.27. The molecule has 0 spiro atoms. The van der Waals surface area contributed by atoms with Crippen LogP contribution >= 0.6 is 15.9 Å². The Morgan fingerprint density at radius 2 is 1.64 bits per heavy atom. The fourth-order valence-corrected chi connectivity index (χ4v) is 4.38. The van der Waals surface area contributed by atoms with Gasteiger partial charge in [-0.1, -0.05) is 42.0 Å². The Labute approximate surface area is 217 Å². The van der Waals surface area contributed by atoms with Crippen molar-refractivity contribution in [2.24, 2.45) is 0 Å². The highest BCUT2D eigenvalue weighted by Crippen LogP contribution is 2.38. The molecule has 0 aromatic heterocycles. The molecule has 184 valence electrons. The molecule has 7 nitrogen and oxygen atoms in total. The van der Waals surface area contributed by atoms with Gasteiger partial charge in [-0.15, -0.1) is 0 Å². The number of benzene rings is 3. The molecule has 1 heterocycles. The Bertz CT molecular complexity index is 1400. The summed E-state index contributed by atoms with van der Waals surface area (Å²) in [6.45, 7) is 6.02. The molecule has 0 saturated carbocycles. The summed E-state index contributed by atoms with van der Waals surface area (Å²) in [6, 6.07) is 16.1. The van der Waals surface area contributed by atoms with Crippen LogP contribution in [0.5, 0.6) is 11.5 Å². The van der Waals surface area contributed by atoms with Gasteiger partial charge in [-0.25, -0.2) is 9.69 Å². The highest BCUT2D eigenvalue weighted by molar-refractivity contribution is 9.10. The number of barbiturate groups is 1. The van der Waals surface area contributed by atoms with Gasteiger partial charge in [0, 0.05) is 0 Å². The van der Waals surface area contributed by atoms with Crippen LogP contribution in [-0.4, -0.2) is 25.0 Å². The van der Waals surface area contributed by atoms with E-state index in [1.807, 2.05) is 50.2 Å². The van der Waals surface area contributed by atoms with Crippen LogP contribution in [0.3, 0.4) is 0 Å². The monoisotopic (exact) mass is 548 g/mol. The molecule has 1 saturated heterocycles. The molecule has 4 amide bonds. The predicted molar refractivity (Wildman–Crippen MR) is 141 cm³/mol. The van der Waals surface area contributed by atoms with Crippen molar-refractivity contribution >= 4 is 45.5 Å². The van der Waals surface area contributed by atoms with Gasteiger partial charge in [-0.05, 0) is 83.2 Å². The summed E-state index contributed by atoms with van der Waals surface area (Å²) >= 11 is 3.51. The van der Waals surface area contributed by atoms with Crippen LogP contribution in [0.2, 0.25) is 0 Å². The molecule has 3 aromatic rings. The van der Waals surface area contributed by atoms with Gasteiger partial charge in [-0.3, -0.25) is 14.9 Å². The Balaban J connectivity index is 1.66. The molecular weight excluding hydrogens is 524 g/mol. The van der Waals surface area contributed by atoms with Crippen LogP contribution in [0.25, 0.3) is 6.08 Å². The van der Waals surface area contributed by atoms with E-state index in [1.54, 1.807) is 25.1 Å². The summed E-state index contributed by atoms with van der Waals surface area (Å²) in [4.78, 5) is 39.5. The first-order chi connectivity index (χ1) is 17.2. The van der Waals surface area contributed by atoms with E-state index in [2.05, 4.69) is 21.2 Å². The lowest BCUT2D eigenvalue weighted by molar-refractivity contribution is -0.122. The molecule has 4 rings (SSSR count). The number of anilines is 1. The van der Waals surface area contributed by atoms with E-state index in [0.717, 1.165) is 27.2 Å². The normalized spacial score (nSPS) is 14.8. The number of nitrogens with one attached hydrogen (secondary N) is 1. The topological polar surface area (TPSA) is 84.9 Å². The maximum Gasteiger partial charge on any atom is 0.335 e. The Morgan fingerprint density at radius 1 is 0.944 bits per heavy atom. The highest BCUT2D eigenvalue weighted by atomic mass is 79.9. The number of carbonyl (C=O) groups is 3. The van der Waals surface area contributed by atoms with Gasteiger partial charge in [0.05, 0.1) is 17.3 Å². The van der Waals surface area contributed by atoms with Crippen LogP contribution in [-0.2, 0) is 16.2 Å². The van der Waals surface area contributed by atoms with E-state index >= 15 is 0 Å². The van der Waals surface area contributed by atoms with Crippen molar-refractivity contribution in [1.29, 1.82) is 0 Å². The number of carbonyl (C=O) groups excluding carboxylic acids is 3. The number of rotatable bonds is 6.